The molecule has 4 heteroatoms. The maximum atomic E-state index is 10.3. The highest BCUT2D eigenvalue weighted by Crippen LogP contribution is 2.23. The SMILES string of the molecule is COC1(C)CCCN(CC=CC(=O)O)C1. The molecule has 0 aromatic rings. The predicted octanol–water partition coefficient (Wildman–Crippen LogP) is 1.13. The zero-order valence-electron chi connectivity index (χ0n) is 9.40. The van der Waals surface area contributed by atoms with E-state index in [2.05, 4.69) is 11.8 Å². The number of methoxy groups -OCH3 is 1. The highest BCUT2D eigenvalue weighted by atomic mass is 16.5. The quantitative estimate of drug-likeness (QED) is 0.711. The van der Waals surface area contributed by atoms with E-state index in [1.54, 1.807) is 13.2 Å². The summed E-state index contributed by atoms with van der Waals surface area (Å²) in [5, 5.41) is 8.46. The van der Waals surface area contributed by atoms with E-state index in [-0.39, 0.29) is 5.60 Å². The number of nitrogens with zero attached hydrogens (tertiary/aromatic N) is 1. The van der Waals surface area contributed by atoms with Gasteiger partial charge in [-0.25, -0.2) is 4.79 Å². The molecule has 1 aliphatic heterocycles. The average Bonchev–Trinajstić information content (AvgIpc) is 2.17. The molecule has 1 N–H and O–H groups in total. The fraction of sp³-hybridized carbons (Fsp3) is 0.727. The van der Waals surface area contributed by atoms with E-state index in [0.717, 1.165) is 25.9 Å². The molecule has 0 aliphatic carbocycles. The van der Waals surface area contributed by atoms with Crippen LogP contribution in [0.25, 0.3) is 0 Å². The minimum absolute atomic E-state index is 0.0741. The van der Waals surface area contributed by atoms with Crippen molar-refractivity contribution >= 4 is 5.97 Å². The number of hydrogen-bond donors (Lipinski definition) is 1. The van der Waals surface area contributed by atoms with Gasteiger partial charge < -0.3 is 9.84 Å². The van der Waals surface area contributed by atoms with Gasteiger partial charge in [0.05, 0.1) is 5.60 Å². The van der Waals surface area contributed by atoms with Crippen LogP contribution in [0, 0.1) is 0 Å². The van der Waals surface area contributed by atoms with E-state index >= 15 is 0 Å². The first-order valence-corrected chi connectivity index (χ1v) is 5.23. The van der Waals surface area contributed by atoms with Gasteiger partial charge in [0.25, 0.3) is 0 Å². The van der Waals surface area contributed by atoms with E-state index in [1.807, 2.05) is 0 Å². The first kappa shape index (κ1) is 12.2. The third-order valence-corrected chi connectivity index (χ3v) is 2.85. The summed E-state index contributed by atoms with van der Waals surface area (Å²) in [6.45, 7) is 4.67. The molecule has 0 saturated carbocycles. The van der Waals surface area contributed by atoms with Crippen molar-refractivity contribution in [1.29, 1.82) is 0 Å². The van der Waals surface area contributed by atoms with Crippen LogP contribution in [0.2, 0.25) is 0 Å². The number of rotatable bonds is 4. The van der Waals surface area contributed by atoms with Crippen LogP contribution in [0.4, 0.5) is 0 Å². The van der Waals surface area contributed by atoms with Gasteiger partial charge in [0.2, 0.25) is 0 Å². The van der Waals surface area contributed by atoms with Crippen LogP contribution >= 0.6 is 0 Å². The number of carboxylic acid groups (broad SMARTS) is 1. The minimum atomic E-state index is -0.887. The number of aliphatic carboxylic acids is 1. The molecular formula is C11H19NO3. The summed E-state index contributed by atoms with van der Waals surface area (Å²) in [6.07, 6.45) is 5.05. The van der Waals surface area contributed by atoms with Crippen molar-refractivity contribution in [2.45, 2.75) is 25.4 Å². The summed E-state index contributed by atoms with van der Waals surface area (Å²) in [5.74, 6) is -0.887. The van der Waals surface area contributed by atoms with Gasteiger partial charge in [-0.2, -0.15) is 0 Å². The lowest BCUT2D eigenvalue weighted by atomic mass is 9.95. The largest absolute Gasteiger partial charge is 0.478 e. The molecule has 86 valence electrons. The molecule has 1 aliphatic rings. The fourth-order valence-corrected chi connectivity index (χ4v) is 1.93. The van der Waals surface area contributed by atoms with E-state index in [1.165, 1.54) is 6.08 Å². The van der Waals surface area contributed by atoms with Gasteiger partial charge in [0, 0.05) is 26.3 Å². The van der Waals surface area contributed by atoms with Gasteiger partial charge in [-0.15, -0.1) is 0 Å². The van der Waals surface area contributed by atoms with Crippen LogP contribution in [0.3, 0.4) is 0 Å². The van der Waals surface area contributed by atoms with Gasteiger partial charge in [0.15, 0.2) is 0 Å². The lowest BCUT2D eigenvalue weighted by molar-refractivity contribution is -0.131. The Hall–Kier alpha value is -0.870. The van der Waals surface area contributed by atoms with Crippen LogP contribution in [-0.2, 0) is 9.53 Å². The first-order valence-electron chi connectivity index (χ1n) is 5.23. The Kier molecular flexibility index (Phi) is 4.29. The normalized spacial score (nSPS) is 28.4. The molecule has 1 rings (SSSR count). The Morgan fingerprint density at radius 3 is 3.00 bits per heavy atom. The van der Waals surface area contributed by atoms with E-state index in [9.17, 15) is 4.79 Å². The van der Waals surface area contributed by atoms with E-state index in [0.29, 0.717) is 6.54 Å². The zero-order chi connectivity index (χ0) is 11.3. The highest BCUT2D eigenvalue weighted by molar-refractivity contribution is 5.79. The van der Waals surface area contributed by atoms with Crippen LogP contribution < -0.4 is 0 Å². The molecule has 1 fully saturated rings. The Morgan fingerprint density at radius 1 is 1.67 bits per heavy atom. The van der Waals surface area contributed by atoms with Crippen molar-refractivity contribution in [3.63, 3.8) is 0 Å². The monoisotopic (exact) mass is 213 g/mol. The second-order valence-electron chi connectivity index (χ2n) is 4.23. The molecule has 0 amide bonds. The van der Waals surface area contributed by atoms with Crippen LogP contribution in [0.1, 0.15) is 19.8 Å². The van der Waals surface area contributed by atoms with Crippen molar-refractivity contribution in [1.82, 2.24) is 4.90 Å². The maximum Gasteiger partial charge on any atom is 0.328 e. The number of carboxylic acids is 1. The first-order chi connectivity index (χ1) is 7.06. The molecule has 0 bridgehead atoms. The molecule has 1 unspecified atom stereocenters. The Balaban J connectivity index is 2.40. The summed E-state index contributed by atoms with van der Waals surface area (Å²) in [5.41, 5.74) is -0.0741. The number of carbonyl (C=O) groups is 1. The predicted molar refractivity (Wildman–Crippen MR) is 57.9 cm³/mol. The lowest BCUT2D eigenvalue weighted by Crippen LogP contribution is -2.47. The summed E-state index contributed by atoms with van der Waals surface area (Å²) in [4.78, 5) is 12.5. The minimum Gasteiger partial charge on any atom is -0.478 e. The Labute approximate surface area is 90.5 Å². The van der Waals surface area contributed by atoms with Gasteiger partial charge in [-0.05, 0) is 26.3 Å². The van der Waals surface area contributed by atoms with Gasteiger partial charge in [-0.3, -0.25) is 4.90 Å². The van der Waals surface area contributed by atoms with Crippen molar-refractivity contribution < 1.29 is 14.6 Å². The van der Waals surface area contributed by atoms with Crippen molar-refractivity contribution in [2.24, 2.45) is 0 Å². The van der Waals surface area contributed by atoms with Gasteiger partial charge >= 0.3 is 5.97 Å². The molecule has 1 atom stereocenters. The molecule has 1 saturated heterocycles. The standard InChI is InChI=1S/C11H19NO3/c1-11(15-2)6-4-8-12(9-11)7-3-5-10(13)14/h3,5H,4,6-9H2,1-2H3,(H,13,14). The second-order valence-corrected chi connectivity index (χ2v) is 4.23. The lowest BCUT2D eigenvalue weighted by Gasteiger charge is -2.39. The van der Waals surface area contributed by atoms with Gasteiger partial charge in [-0.1, -0.05) is 6.08 Å². The Bertz CT molecular complexity index is 252. The molecular weight excluding hydrogens is 194 g/mol. The van der Waals surface area contributed by atoms with E-state index in [4.69, 9.17) is 9.84 Å². The third kappa shape index (κ3) is 4.01. The maximum absolute atomic E-state index is 10.3. The zero-order valence-corrected chi connectivity index (χ0v) is 9.40. The molecule has 0 radical (unpaired) electrons. The fourth-order valence-electron chi connectivity index (χ4n) is 1.93. The third-order valence-electron chi connectivity index (χ3n) is 2.85. The molecule has 15 heavy (non-hydrogen) atoms. The number of piperidine rings is 1. The van der Waals surface area contributed by atoms with E-state index < -0.39 is 5.97 Å². The van der Waals surface area contributed by atoms with Crippen molar-refractivity contribution in [2.75, 3.05) is 26.7 Å². The van der Waals surface area contributed by atoms with Crippen molar-refractivity contribution in [3.8, 4) is 0 Å². The van der Waals surface area contributed by atoms with Gasteiger partial charge in [0.1, 0.15) is 0 Å². The summed E-state index contributed by atoms with van der Waals surface area (Å²) in [6, 6.07) is 0. The number of likely N-dealkylation sites (tertiary alicyclic amines) is 1. The summed E-state index contributed by atoms with van der Waals surface area (Å²) in [7, 11) is 1.73. The topological polar surface area (TPSA) is 49.8 Å². The Morgan fingerprint density at radius 2 is 2.40 bits per heavy atom. The van der Waals surface area contributed by atoms with Crippen LogP contribution in [-0.4, -0.2) is 48.3 Å². The average molecular weight is 213 g/mol. The molecule has 0 spiro atoms. The second kappa shape index (κ2) is 5.28. The number of ether oxygens (including phenoxy) is 1. The molecule has 0 aromatic carbocycles. The smallest absolute Gasteiger partial charge is 0.328 e. The van der Waals surface area contributed by atoms with Crippen LogP contribution in [0.15, 0.2) is 12.2 Å². The molecule has 4 nitrogen and oxygen atoms in total. The number of hydrogen-bond acceptors (Lipinski definition) is 3. The molecule has 0 aromatic heterocycles. The summed E-state index contributed by atoms with van der Waals surface area (Å²) >= 11 is 0. The highest BCUT2D eigenvalue weighted by Gasteiger charge is 2.29. The molecule has 1 heterocycles. The summed E-state index contributed by atoms with van der Waals surface area (Å²) < 4.78 is 5.45. The van der Waals surface area contributed by atoms with Crippen molar-refractivity contribution in [3.05, 3.63) is 12.2 Å². The van der Waals surface area contributed by atoms with Crippen LogP contribution in [0.5, 0.6) is 0 Å².